The maximum atomic E-state index is 11.6. The van der Waals surface area contributed by atoms with E-state index in [0.717, 1.165) is 29.8 Å². The zero-order chi connectivity index (χ0) is 19.3. The highest BCUT2D eigenvalue weighted by molar-refractivity contribution is 5.95. The second-order valence-electron chi connectivity index (χ2n) is 6.75. The van der Waals surface area contributed by atoms with Crippen LogP contribution in [-0.4, -0.2) is 24.2 Å². The summed E-state index contributed by atoms with van der Waals surface area (Å²) in [6.45, 7) is 3.26. The van der Waals surface area contributed by atoms with Crippen LogP contribution in [0, 0.1) is 0 Å². The van der Waals surface area contributed by atoms with Crippen molar-refractivity contribution >= 4 is 11.7 Å². The molecule has 2 N–H and O–H groups in total. The maximum absolute atomic E-state index is 11.6. The zero-order valence-corrected chi connectivity index (χ0v) is 16.2. The minimum absolute atomic E-state index is 0.332. The van der Waals surface area contributed by atoms with Gasteiger partial charge in [0.15, 0.2) is 0 Å². The summed E-state index contributed by atoms with van der Waals surface area (Å²) < 4.78 is 5.69. The first-order valence-corrected chi connectivity index (χ1v) is 9.99. The van der Waals surface area contributed by atoms with Gasteiger partial charge in [0.1, 0.15) is 12.4 Å². The Morgan fingerprint density at radius 3 is 2.44 bits per heavy atom. The fourth-order valence-corrected chi connectivity index (χ4v) is 3.15. The van der Waals surface area contributed by atoms with Crippen molar-refractivity contribution in [3.63, 3.8) is 0 Å². The molecule has 0 heterocycles. The quantitative estimate of drug-likeness (QED) is 0.440. The highest BCUT2D eigenvalue weighted by atomic mass is 16.5. The van der Waals surface area contributed by atoms with E-state index in [4.69, 9.17) is 4.74 Å². The van der Waals surface area contributed by atoms with Crippen molar-refractivity contribution < 1.29 is 14.6 Å². The first kappa shape index (κ1) is 20.8. The molecule has 0 unspecified atom stereocenters. The van der Waals surface area contributed by atoms with Crippen molar-refractivity contribution in [2.75, 3.05) is 18.5 Å². The van der Waals surface area contributed by atoms with Gasteiger partial charge in [-0.3, -0.25) is 0 Å². The van der Waals surface area contributed by atoms with Gasteiger partial charge in [-0.1, -0.05) is 69.4 Å². The Kier molecular flexibility index (Phi) is 9.25. The van der Waals surface area contributed by atoms with Gasteiger partial charge in [0.25, 0.3) is 0 Å². The van der Waals surface area contributed by atoms with Crippen LogP contribution in [0.4, 0.5) is 5.69 Å². The summed E-state index contributed by atoms with van der Waals surface area (Å²) in [6, 6.07) is 15.2. The molecule has 0 aliphatic rings. The van der Waals surface area contributed by atoms with Gasteiger partial charge in [0, 0.05) is 6.54 Å². The lowest BCUT2D eigenvalue weighted by molar-refractivity contribution is 0.0697. The Balaban J connectivity index is 1.90. The lowest BCUT2D eigenvalue weighted by Gasteiger charge is -2.15. The van der Waals surface area contributed by atoms with Gasteiger partial charge in [-0.25, -0.2) is 4.79 Å². The molecule has 2 aromatic carbocycles. The third-order valence-electron chi connectivity index (χ3n) is 4.60. The average Bonchev–Trinajstić information content (AvgIpc) is 2.69. The van der Waals surface area contributed by atoms with Gasteiger partial charge in [0.2, 0.25) is 0 Å². The zero-order valence-electron chi connectivity index (χ0n) is 16.2. The topological polar surface area (TPSA) is 58.6 Å². The van der Waals surface area contributed by atoms with Crippen LogP contribution in [0.15, 0.2) is 48.5 Å². The van der Waals surface area contributed by atoms with Crippen molar-refractivity contribution in [3.8, 4) is 5.75 Å². The smallest absolute Gasteiger partial charge is 0.337 e. The molecule has 0 saturated heterocycles. The molecule has 4 heteroatoms. The Hall–Kier alpha value is -2.49. The number of rotatable bonds is 13. The van der Waals surface area contributed by atoms with Crippen molar-refractivity contribution in [3.05, 3.63) is 59.7 Å². The number of unbranched alkanes of at least 4 members (excludes halogenated alkanes) is 5. The van der Waals surface area contributed by atoms with Gasteiger partial charge in [-0.2, -0.15) is 0 Å². The van der Waals surface area contributed by atoms with Gasteiger partial charge in [-0.15, -0.1) is 0 Å². The normalized spacial score (nSPS) is 10.6. The molecule has 2 rings (SSSR count). The number of carboxylic acid groups (broad SMARTS) is 1. The van der Waals surface area contributed by atoms with E-state index in [1.807, 2.05) is 42.5 Å². The van der Waals surface area contributed by atoms with Crippen molar-refractivity contribution in [1.29, 1.82) is 0 Å². The van der Waals surface area contributed by atoms with Crippen LogP contribution in [0.1, 0.15) is 61.4 Å². The van der Waals surface area contributed by atoms with Crippen LogP contribution in [0.5, 0.6) is 5.75 Å². The number of para-hydroxylation sites is 2. The molecule has 0 radical (unpaired) electrons. The summed E-state index contributed by atoms with van der Waals surface area (Å²) in [4.78, 5) is 11.6. The van der Waals surface area contributed by atoms with E-state index in [9.17, 15) is 9.90 Å². The van der Waals surface area contributed by atoms with E-state index in [2.05, 4.69) is 12.2 Å². The monoisotopic (exact) mass is 369 g/mol. The molecule has 0 fully saturated rings. The molecule has 0 amide bonds. The Bertz CT molecular complexity index is 685. The number of carboxylic acids is 1. The number of ether oxygens (including phenoxy) is 1. The first-order chi connectivity index (χ1) is 13.2. The van der Waals surface area contributed by atoms with Gasteiger partial charge >= 0.3 is 5.97 Å². The highest BCUT2D eigenvalue weighted by Gasteiger charge is 2.13. The first-order valence-electron chi connectivity index (χ1n) is 9.99. The third kappa shape index (κ3) is 7.33. The van der Waals surface area contributed by atoms with Crippen LogP contribution in [0.3, 0.4) is 0 Å². The predicted octanol–water partition coefficient (Wildman–Crippen LogP) is 5.78. The SMILES string of the molecule is CCCCCCCCc1cccc(C(=O)O)c1NCCOc1ccccc1. The summed E-state index contributed by atoms with van der Waals surface area (Å²) >= 11 is 0. The number of anilines is 1. The number of carbonyl (C=O) groups is 1. The fraction of sp³-hybridized carbons (Fsp3) is 0.435. The number of aromatic carboxylic acids is 1. The van der Waals surface area contributed by atoms with E-state index in [1.54, 1.807) is 6.07 Å². The molecule has 0 atom stereocenters. The Morgan fingerprint density at radius 1 is 0.963 bits per heavy atom. The summed E-state index contributed by atoms with van der Waals surface area (Å²) in [7, 11) is 0. The maximum Gasteiger partial charge on any atom is 0.337 e. The van der Waals surface area contributed by atoms with E-state index in [-0.39, 0.29) is 0 Å². The molecule has 0 aliphatic heterocycles. The lowest BCUT2D eigenvalue weighted by Crippen LogP contribution is -2.15. The van der Waals surface area contributed by atoms with Crippen molar-refractivity contribution in [2.45, 2.75) is 51.9 Å². The molecule has 0 aliphatic carbocycles. The highest BCUT2D eigenvalue weighted by Crippen LogP contribution is 2.24. The van der Waals surface area contributed by atoms with E-state index in [0.29, 0.717) is 18.7 Å². The summed E-state index contributed by atoms with van der Waals surface area (Å²) in [6.07, 6.45) is 8.25. The van der Waals surface area contributed by atoms with E-state index in [1.165, 1.54) is 32.1 Å². The molecule has 2 aromatic rings. The largest absolute Gasteiger partial charge is 0.492 e. The minimum Gasteiger partial charge on any atom is -0.492 e. The number of hydrogen-bond donors (Lipinski definition) is 2. The lowest BCUT2D eigenvalue weighted by atomic mass is 10.0. The van der Waals surface area contributed by atoms with E-state index >= 15 is 0 Å². The summed E-state index contributed by atoms with van der Waals surface area (Å²) in [5.74, 6) is -0.0793. The number of hydrogen-bond acceptors (Lipinski definition) is 3. The molecule has 0 spiro atoms. The van der Waals surface area contributed by atoms with Crippen LogP contribution in [-0.2, 0) is 6.42 Å². The molecule has 0 aromatic heterocycles. The van der Waals surface area contributed by atoms with Crippen LogP contribution >= 0.6 is 0 Å². The average molecular weight is 370 g/mol. The van der Waals surface area contributed by atoms with Crippen LogP contribution in [0.25, 0.3) is 0 Å². The molecule has 146 valence electrons. The molecular weight excluding hydrogens is 338 g/mol. The van der Waals surface area contributed by atoms with Gasteiger partial charge in [-0.05, 0) is 36.6 Å². The second kappa shape index (κ2) is 12.0. The molecule has 4 nitrogen and oxygen atoms in total. The Morgan fingerprint density at radius 2 is 1.70 bits per heavy atom. The Labute approximate surface area is 162 Å². The van der Waals surface area contributed by atoms with E-state index < -0.39 is 5.97 Å². The summed E-state index contributed by atoms with van der Waals surface area (Å²) in [5.41, 5.74) is 2.14. The number of aryl methyl sites for hydroxylation is 1. The third-order valence-corrected chi connectivity index (χ3v) is 4.60. The molecule has 27 heavy (non-hydrogen) atoms. The predicted molar refractivity (Wildman–Crippen MR) is 111 cm³/mol. The van der Waals surface area contributed by atoms with Crippen molar-refractivity contribution in [1.82, 2.24) is 0 Å². The molecular formula is C23H31NO3. The van der Waals surface area contributed by atoms with Crippen LogP contribution in [0.2, 0.25) is 0 Å². The molecule has 0 bridgehead atoms. The van der Waals surface area contributed by atoms with Crippen LogP contribution < -0.4 is 10.1 Å². The number of benzene rings is 2. The standard InChI is InChI=1S/C23H31NO3/c1-2-3-4-5-6-8-12-19-13-11-16-21(23(25)26)22(19)24-17-18-27-20-14-9-7-10-15-20/h7,9-11,13-16,24H,2-6,8,12,17-18H2,1H3,(H,25,26). The second-order valence-corrected chi connectivity index (χ2v) is 6.75. The van der Waals surface area contributed by atoms with Gasteiger partial charge < -0.3 is 15.2 Å². The molecule has 0 saturated carbocycles. The fourth-order valence-electron chi connectivity index (χ4n) is 3.15. The minimum atomic E-state index is -0.897. The van der Waals surface area contributed by atoms with Gasteiger partial charge in [0.05, 0.1) is 11.3 Å². The number of nitrogens with one attached hydrogen (secondary N) is 1. The summed E-state index contributed by atoms with van der Waals surface area (Å²) in [5, 5.41) is 12.8. The van der Waals surface area contributed by atoms with Crippen molar-refractivity contribution in [2.24, 2.45) is 0 Å².